The Morgan fingerprint density at radius 1 is 1.42 bits per heavy atom. The average Bonchev–Trinajstić information content (AvgIpc) is 3.04. The minimum absolute atomic E-state index is 0.0593. The molecule has 0 spiro atoms. The summed E-state index contributed by atoms with van der Waals surface area (Å²) in [6.45, 7) is 6.96. The van der Waals surface area contributed by atoms with Crippen molar-refractivity contribution in [1.29, 1.82) is 0 Å². The number of piperidine rings is 1. The lowest BCUT2D eigenvalue weighted by Crippen LogP contribution is -2.40. The molecule has 0 radical (unpaired) electrons. The molecular weight excluding hydrogens is 353 g/mol. The van der Waals surface area contributed by atoms with E-state index in [1.54, 1.807) is 6.07 Å². The van der Waals surface area contributed by atoms with Gasteiger partial charge in [-0.3, -0.25) is 4.79 Å². The van der Waals surface area contributed by atoms with E-state index < -0.39 is 0 Å². The first-order chi connectivity index (χ1) is 12.5. The molecule has 2 aromatic rings. The van der Waals surface area contributed by atoms with E-state index in [1.807, 2.05) is 13.8 Å². The Morgan fingerprint density at radius 2 is 2.19 bits per heavy atom. The SMILES string of the molecule is CC(C)OCCCNC(=O)C1CCN(c2nc3ccc(F)cc3s2)CC1. The van der Waals surface area contributed by atoms with Crippen molar-refractivity contribution >= 4 is 32.6 Å². The summed E-state index contributed by atoms with van der Waals surface area (Å²) in [7, 11) is 0. The molecule has 1 amide bonds. The fourth-order valence-electron chi connectivity index (χ4n) is 3.10. The molecule has 26 heavy (non-hydrogen) atoms. The number of anilines is 1. The number of benzene rings is 1. The first-order valence-electron chi connectivity index (χ1n) is 9.23. The summed E-state index contributed by atoms with van der Waals surface area (Å²) >= 11 is 1.51. The van der Waals surface area contributed by atoms with E-state index in [9.17, 15) is 9.18 Å². The molecular formula is C19H26FN3O2S. The van der Waals surface area contributed by atoms with Crippen LogP contribution >= 0.6 is 11.3 Å². The second-order valence-electron chi connectivity index (χ2n) is 6.93. The van der Waals surface area contributed by atoms with Gasteiger partial charge in [0.2, 0.25) is 5.91 Å². The summed E-state index contributed by atoms with van der Waals surface area (Å²) in [4.78, 5) is 19.1. The van der Waals surface area contributed by atoms with Gasteiger partial charge in [0.15, 0.2) is 5.13 Å². The molecule has 5 nitrogen and oxygen atoms in total. The van der Waals surface area contributed by atoms with Gasteiger partial charge in [-0.25, -0.2) is 9.37 Å². The minimum Gasteiger partial charge on any atom is -0.379 e. The zero-order valence-electron chi connectivity index (χ0n) is 15.3. The van der Waals surface area contributed by atoms with E-state index >= 15 is 0 Å². The molecule has 0 bridgehead atoms. The van der Waals surface area contributed by atoms with Crippen LogP contribution in [-0.2, 0) is 9.53 Å². The van der Waals surface area contributed by atoms with E-state index in [-0.39, 0.29) is 23.7 Å². The number of ether oxygens (including phenoxy) is 1. The molecule has 1 fully saturated rings. The van der Waals surface area contributed by atoms with E-state index in [4.69, 9.17) is 4.74 Å². The number of rotatable bonds is 7. The maximum atomic E-state index is 13.3. The number of nitrogens with one attached hydrogen (secondary N) is 1. The third kappa shape index (κ3) is 4.92. The van der Waals surface area contributed by atoms with E-state index in [0.29, 0.717) is 13.2 Å². The van der Waals surface area contributed by atoms with E-state index in [2.05, 4.69) is 15.2 Å². The summed E-state index contributed by atoms with van der Waals surface area (Å²) in [5.41, 5.74) is 0.829. The number of hydrogen-bond donors (Lipinski definition) is 1. The van der Waals surface area contributed by atoms with Crippen LogP contribution in [0.5, 0.6) is 0 Å². The lowest BCUT2D eigenvalue weighted by Gasteiger charge is -2.31. The largest absolute Gasteiger partial charge is 0.379 e. The van der Waals surface area contributed by atoms with Gasteiger partial charge in [-0.05, 0) is 51.3 Å². The predicted octanol–water partition coefficient (Wildman–Crippen LogP) is 3.58. The molecule has 0 saturated carbocycles. The first kappa shape index (κ1) is 19.0. The molecule has 0 unspecified atom stereocenters. The summed E-state index contributed by atoms with van der Waals surface area (Å²) < 4.78 is 19.7. The molecule has 1 aromatic carbocycles. The monoisotopic (exact) mass is 379 g/mol. The number of nitrogens with zero attached hydrogens (tertiary/aromatic N) is 2. The van der Waals surface area contributed by atoms with Crippen LogP contribution in [0, 0.1) is 11.7 Å². The van der Waals surface area contributed by atoms with E-state index in [1.165, 1.54) is 23.5 Å². The second-order valence-corrected chi connectivity index (χ2v) is 7.94. The Bertz CT molecular complexity index is 741. The molecule has 1 saturated heterocycles. The van der Waals surface area contributed by atoms with Gasteiger partial charge >= 0.3 is 0 Å². The number of amides is 1. The topological polar surface area (TPSA) is 54.5 Å². The Labute approximate surface area is 157 Å². The number of carbonyl (C=O) groups is 1. The molecule has 1 aliphatic rings. The van der Waals surface area contributed by atoms with Gasteiger partial charge in [0, 0.05) is 32.2 Å². The highest BCUT2D eigenvalue weighted by atomic mass is 32.1. The molecule has 142 valence electrons. The summed E-state index contributed by atoms with van der Waals surface area (Å²) in [6, 6.07) is 4.68. The quantitative estimate of drug-likeness (QED) is 0.747. The van der Waals surface area contributed by atoms with Crippen molar-refractivity contribution < 1.29 is 13.9 Å². The van der Waals surface area contributed by atoms with Crippen LogP contribution in [0.2, 0.25) is 0 Å². The number of hydrogen-bond acceptors (Lipinski definition) is 5. The van der Waals surface area contributed by atoms with Crippen LogP contribution in [0.4, 0.5) is 9.52 Å². The Balaban J connectivity index is 1.45. The molecule has 1 N–H and O–H groups in total. The lowest BCUT2D eigenvalue weighted by atomic mass is 9.96. The highest BCUT2D eigenvalue weighted by molar-refractivity contribution is 7.22. The van der Waals surface area contributed by atoms with E-state index in [0.717, 1.165) is 47.7 Å². The summed E-state index contributed by atoms with van der Waals surface area (Å²) in [6.07, 6.45) is 2.71. The lowest BCUT2D eigenvalue weighted by molar-refractivity contribution is -0.125. The number of thiazole rings is 1. The van der Waals surface area contributed by atoms with Gasteiger partial charge in [-0.15, -0.1) is 0 Å². The van der Waals surface area contributed by atoms with Crippen LogP contribution in [0.15, 0.2) is 18.2 Å². The molecule has 1 aliphatic heterocycles. The van der Waals surface area contributed by atoms with Crippen molar-refractivity contribution in [3.63, 3.8) is 0 Å². The fourth-order valence-corrected chi connectivity index (χ4v) is 4.14. The van der Waals surface area contributed by atoms with Gasteiger partial charge < -0.3 is 15.0 Å². The van der Waals surface area contributed by atoms with Gasteiger partial charge in [0.1, 0.15) is 5.82 Å². The zero-order chi connectivity index (χ0) is 18.5. The molecule has 0 aliphatic carbocycles. The standard InChI is InChI=1S/C19H26FN3O2S/c1-13(2)25-11-3-8-21-18(24)14-6-9-23(10-7-14)19-22-16-5-4-15(20)12-17(16)26-19/h4-5,12-14H,3,6-11H2,1-2H3,(H,21,24). The van der Waals surface area contributed by atoms with Crippen LogP contribution < -0.4 is 10.2 Å². The van der Waals surface area contributed by atoms with Crippen molar-refractivity contribution in [2.75, 3.05) is 31.1 Å². The maximum absolute atomic E-state index is 13.3. The fraction of sp³-hybridized carbons (Fsp3) is 0.579. The van der Waals surface area contributed by atoms with Crippen molar-refractivity contribution in [1.82, 2.24) is 10.3 Å². The van der Waals surface area contributed by atoms with Crippen molar-refractivity contribution in [3.05, 3.63) is 24.0 Å². The maximum Gasteiger partial charge on any atom is 0.223 e. The summed E-state index contributed by atoms with van der Waals surface area (Å²) in [5.74, 6) is -0.0356. The number of carbonyl (C=O) groups excluding carboxylic acids is 1. The summed E-state index contributed by atoms with van der Waals surface area (Å²) in [5, 5.41) is 3.93. The highest BCUT2D eigenvalue weighted by Crippen LogP contribution is 2.31. The van der Waals surface area contributed by atoms with Crippen LogP contribution in [0.25, 0.3) is 10.2 Å². The highest BCUT2D eigenvalue weighted by Gasteiger charge is 2.26. The first-order valence-corrected chi connectivity index (χ1v) is 10.0. The second kappa shape index (κ2) is 8.77. The molecule has 7 heteroatoms. The minimum atomic E-state index is -0.234. The van der Waals surface area contributed by atoms with Crippen molar-refractivity contribution in [3.8, 4) is 0 Å². The average molecular weight is 380 g/mol. The molecule has 0 atom stereocenters. The molecule has 3 rings (SSSR count). The molecule has 2 heterocycles. The normalized spacial score (nSPS) is 15.8. The van der Waals surface area contributed by atoms with Crippen LogP contribution in [-0.4, -0.2) is 43.2 Å². The third-order valence-corrected chi connectivity index (χ3v) is 5.63. The number of fused-ring (bicyclic) bond motifs is 1. The number of aromatic nitrogens is 1. The Hall–Kier alpha value is -1.73. The third-order valence-electron chi connectivity index (χ3n) is 4.55. The van der Waals surface area contributed by atoms with Crippen molar-refractivity contribution in [2.45, 2.75) is 39.2 Å². The Morgan fingerprint density at radius 3 is 2.92 bits per heavy atom. The predicted molar refractivity (Wildman–Crippen MR) is 103 cm³/mol. The van der Waals surface area contributed by atoms with Gasteiger partial charge in [-0.1, -0.05) is 11.3 Å². The van der Waals surface area contributed by atoms with Crippen LogP contribution in [0.3, 0.4) is 0 Å². The van der Waals surface area contributed by atoms with Gasteiger partial charge in [0.05, 0.1) is 16.3 Å². The Kier molecular flexibility index (Phi) is 6.43. The molecule has 1 aromatic heterocycles. The van der Waals surface area contributed by atoms with Crippen LogP contribution in [0.1, 0.15) is 33.1 Å². The van der Waals surface area contributed by atoms with Crippen molar-refractivity contribution in [2.24, 2.45) is 5.92 Å². The van der Waals surface area contributed by atoms with Gasteiger partial charge in [-0.2, -0.15) is 0 Å². The van der Waals surface area contributed by atoms with Gasteiger partial charge in [0.25, 0.3) is 0 Å². The number of halogens is 1. The zero-order valence-corrected chi connectivity index (χ0v) is 16.2. The smallest absolute Gasteiger partial charge is 0.223 e.